The summed E-state index contributed by atoms with van der Waals surface area (Å²) in [7, 11) is 0. The SMILES string of the molecule is CCC(C)(C)C1CCc2c(sc3ncn4nc(CCn5ccc(C)n5)nc4c23)C1. The largest absolute Gasteiger partial charge is 0.272 e. The van der Waals surface area contributed by atoms with Gasteiger partial charge in [-0.25, -0.2) is 14.5 Å². The van der Waals surface area contributed by atoms with Crippen molar-refractivity contribution in [1.82, 2.24) is 29.4 Å². The van der Waals surface area contributed by atoms with Gasteiger partial charge in [-0.05, 0) is 49.1 Å². The molecular formula is C22H28N6S. The third kappa shape index (κ3) is 3.25. The molecule has 7 heteroatoms. The fraction of sp³-hybridized carbons (Fsp3) is 0.545. The topological polar surface area (TPSA) is 60.9 Å². The molecule has 6 nitrogen and oxygen atoms in total. The highest BCUT2D eigenvalue weighted by molar-refractivity contribution is 7.19. The molecule has 0 aliphatic heterocycles. The lowest BCUT2D eigenvalue weighted by molar-refractivity contribution is 0.184. The zero-order valence-corrected chi connectivity index (χ0v) is 18.5. The molecule has 1 atom stereocenters. The van der Waals surface area contributed by atoms with Crippen molar-refractivity contribution in [2.24, 2.45) is 11.3 Å². The van der Waals surface area contributed by atoms with Crippen LogP contribution in [-0.2, 0) is 25.8 Å². The van der Waals surface area contributed by atoms with Gasteiger partial charge in [-0.3, -0.25) is 4.68 Å². The molecule has 4 heterocycles. The van der Waals surface area contributed by atoms with Crippen LogP contribution >= 0.6 is 11.3 Å². The first kappa shape index (κ1) is 18.7. The molecule has 1 unspecified atom stereocenters. The second kappa shape index (κ2) is 6.90. The Morgan fingerprint density at radius 1 is 1.28 bits per heavy atom. The minimum atomic E-state index is 0.392. The van der Waals surface area contributed by atoms with E-state index in [2.05, 4.69) is 31.0 Å². The summed E-state index contributed by atoms with van der Waals surface area (Å²) < 4.78 is 3.82. The highest BCUT2D eigenvalue weighted by Gasteiger charge is 2.33. The maximum absolute atomic E-state index is 4.90. The first-order valence-electron chi connectivity index (χ1n) is 10.6. The summed E-state index contributed by atoms with van der Waals surface area (Å²) in [6.07, 6.45) is 9.37. The van der Waals surface area contributed by atoms with Gasteiger partial charge in [0.05, 0.1) is 11.1 Å². The molecule has 152 valence electrons. The number of nitrogens with zero attached hydrogens (tertiary/aromatic N) is 6. The van der Waals surface area contributed by atoms with E-state index in [4.69, 9.17) is 9.97 Å². The fourth-order valence-corrected chi connectivity index (χ4v) is 5.74. The third-order valence-corrected chi connectivity index (χ3v) is 7.95. The van der Waals surface area contributed by atoms with Crippen LogP contribution in [0, 0.1) is 18.3 Å². The van der Waals surface area contributed by atoms with Crippen molar-refractivity contribution in [3.05, 3.63) is 40.5 Å². The summed E-state index contributed by atoms with van der Waals surface area (Å²) in [6.45, 7) is 9.94. The van der Waals surface area contributed by atoms with Crippen molar-refractivity contribution in [3.8, 4) is 0 Å². The Balaban J connectivity index is 1.48. The van der Waals surface area contributed by atoms with E-state index in [1.165, 1.54) is 35.1 Å². The summed E-state index contributed by atoms with van der Waals surface area (Å²) in [5.74, 6) is 1.60. The Labute approximate surface area is 175 Å². The zero-order chi connectivity index (χ0) is 20.2. The molecule has 4 aromatic rings. The number of hydrogen-bond donors (Lipinski definition) is 0. The van der Waals surface area contributed by atoms with E-state index < -0.39 is 0 Å². The Hall–Kier alpha value is -2.28. The standard InChI is InChI=1S/C22H28N6S/c1-5-22(3,4)15-6-7-16-17(12-15)29-21-19(16)20-24-18(26-28(20)13-23-21)9-11-27-10-8-14(2)25-27/h8,10,13,15H,5-7,9,11-12H2,1-4H3. The average Bonchev–Trinajstić information content (AvgIpc) is 3.40. The summed E-state index contributed by atoms with van der Waals surface area (Å²) in [5.41, 5.74) is 3.86. The quantitative estimate of drug-likeness (QED) is 0.483. The minimum absolute atomic E-state index is 0.392. The van der Waals surface area contributed by atoms with Gasteiger partial charge in [-0.1, -0.05) is 27.2 Å². The van der Waals surface area contributed by atoms with Gasteiger partial charge in [-0.15, -0.1) is 16.4 Å². The fourth-order valence-electron chi connectivity index (χ4n) is 4.48. The summed E-state index contributed by atoms with van der Waals surface area (Å²) in [6, 6.07) is 2.02. The molecule has 0 aromatic carbocycles. The molecule has 0 bridgehead atoms. The molecule has 0 fully saturated rings. The van der Waals surface area contributed by atoms with Crippen molar-refractivity contribution in [1.29, 1.82) is 0 Å². The number of fused-ring (bicyclic) bond motifs is 5. The van der Waals surface area contributed by atoms with Gasteiger partial charge in [0.2, 0.25) is 0 Å². The van der Waals surface area contributed by atoms with E-state index in [-0.39, 0.29) is 0 Å². The lowest BCUT2D eigenvalue weighted by Gasteiger charge is -2.36. The van der Waals surface area contributed by atoms with E-state index in [9.17, 15) is 0 Å². The maximum Gasteiger partial charge on any atom is 0.167 e. The number of aryl methyl sites for hydroxylation is 4. The molecule has 0 saturated carbocycles. The zero-order valence-electron chi connectivity index (χ0n) is 17.6. The minimum Gasteiger partial charge on any atom is -0.272 e. The van der Waals surface area contributed by atoms with Crippen molar-refractivity contribution in [2.75, 3.05) is 0 Å². The van der Waals surface area contributed by atoms with Crippen molar-refractivity contribution >= 4 is 27.2 Å². The molecule has 29 heavy (non-hydrogen) atoms. The Morgan fingerprint density at radius 3 is 2.90 bits per heavy atom. The highest BCUT2D eigenvalue weighted by atomic mass is 32.1. The Kier molecular flexibility index (Phi) is 4.46. The van der Waals surface area contributed by atoms with E-state index in [1.807, 2.05) is 46.0 Å². The van der Waals surface area contributed by atoms with Crippen molar-refractivity contribution in [3.63, 3.8) is 0 Å². The van der Waals surface area contributed by atoms with Gasteiger partial charge < -0.3 is 0 Å². The predicted octanol–water partition coefficient (Wildman–Crippen LogP) is 4.63. The lowest BCUT2D eigenvalue weighted by Crippen LogP contribution is -2.28. The highest BCUT2D eigenvalue weighted by Crippen LogP contribution is 2.44. The van der Waals surface area contributed by atoms with E-state index in [0.29, 0.717) is 5.41 Å². The smallest absolute Gasteiger partial charge is 0.167 e. The molecular weight excluding hydrogens is 380 g/mol. The van der Waals surface area contributed by atoms with Gasteiger partial charge in [0.15, 0.2) is 11.5 Å². The van der Waals surface area contributed by atoms with Gasteiger partial charge in [0.25, 0.3) is 0 Å². The van der Waals surface area contributed by atoms with Gasteiger partial charge in [0.1, 0.15) is 11.2 Å². The first-order chi connectivity index (χ1) is 13.9. The first-order valence-corrected chi connectivity index (χ1v) is 11.4. The Bertz CT molecular complexity index is 1180. The monoisotopic (exact) mass is 408 g/mol. The Morgan fingerprint density at radius 2 is 2.14 bits per heavy atom. The second-order valence-electron chi connectivity index (χ2n) is 8.98. The summed E-state index contributed by atoms with van der Waals surface area (Å²) in [4.78, 5) is 12.2. The van der Waals surface area contributed by atoms with Gasteiger partial charge in [0, 0.05) is 24.0 Å². The predicted molar refractivity (Wildman–Crippen MR) is 116 cm³/mol. The van der Waals surface area contributed by atoms with Gasteiger partial charge >= 0.3 is 0 Å². The number of thiophene rings is 1. The van der Waals surface area contributed by atoms with Crippen LogP contribution in [0.1, 0.15) is 55.6 Å². The van der Waals surface area contributed by atoms with Gasteiger partial charge in [-0.2, -0.15) is 5.10 Å². The third-order valence-electron chi connectivity index (χ3n) is 6.78. The number of aromatic nitrogens is 6. The van der Waals surface area contributed by atoms with Crippen LogP contribution in [0.2, 0.25) is 0 Å². The molecule has 1 aliphatic rings. The van der Waals surface area contributed by atoms with Crippen molar-refractivity contribution < 1.29 is 0 Å². The average molecular weight is 409 g/mol. The molecule has 5 rings (SSSR count). The van der Waals surface area contributed by atoms with E-state index >= 15 is 0 Å². The maximum atomic E-state index is 4.90. The molecule has 1 aliphatic carbocycles. The van der Waals surface area contributed by atoms with Crippen LogP contribution < -0.4 is 0 Å². The van der Waals surface area contributed by atoms with E-state index in [1.54, 1.807) is 0 Å². The summed E-state index contributed by atoms with van der Waals surface area (Å²) in [5, 5.41) is 10.4. The van der Waals surface area contributed by atoms with Crippen LogP contribution in [0.15, 0.2) is 18.6 Å². The van der Waals surface area contributed by atoms with Crippen LogP contribution in [0.4, 0.5) is 0 Å². The lowest BCUT2D eigenvalue weighted by atomic mass is 9.70. The van der Waals surface area contributed by atoms with E-state index in [0.717, 1.165) is 47.3 Å². The number of rotatable bonds is 5. The van der Waals surface area contributed by atoms with Crippen LogP contribution in [0.5, 0.6) is 0 Å². The second-order valence-corrected chi connectivity index (χ2v) is 10.1. The van der Waals surface area contributed by atoms with Crippen LogP contribution in [-0.4, -0.2) is 29.4 Å². The number of hydrogen-bond acceptors (Lipinski definition) is 5. The van der Waals surface area contributed by atoms with Crippen molar-refractivity contribution in [2.45, 2.75) is 66.3 Å². The molecule has 0 N–H and O–H groups in total. The molecule has 0 radical (unpaired) electrons. The molecule has 4 aromatic heterocycles. The molecule has 0 amide bonds. The van der Waals surface area contributed by atoms with Crippen LogP contribution in [0.3, 0.4) is 0 Å². The molecule has 0 spiro atoms. The summed E-state index contributed by atoms with van der Waals surface area (Å²) >= 11 is 1.86. The van der Waals surface area contributed by atoms with Crippen LogP contribution in [0.25, 0.3) is 15.9 Å². The molecule has 0 saturated heterocycles. The normalized spacial score (nSPS) is 17.3.